The number of nitrogens with zero attached hydrogens (tertiary/aromatic N) is 1. The molecule has 3 aromatic carbocycles. The molecule has 0 aliphatic heterocycles. The largest absolute Gasteiger partial charge is 0.390 e. The summed E-state index contributed by atoms with van der Waals surface area (Å²) in [5, 5.41) is 17.3. The van der Waals surface area contributed by atoms with Crippen molar-refractivity contribution in [1.29, 1.82) is 0 Å². The van der Waals surface area contributed by atoms with Crippen LogP contribution in [0.1, 0.15) is 22.3 Å². The van der Waals surface area contributed by atoms with Gasteiger partial charge in [-0.3, -0.25) is 9.78 Å². The fraction of sp³-hybridized carbons (Fsp3) is 0.161. The highest BCUT2D eigenvalue weighted by atomic mass is 127. The quantitative estimate of drug-likeness (QED) is 0.152. The van der Waals surface area contributed by atoms with Gasteiger partial charge in [-0.25, -0.2) is 8.78 Å². The molecular weight excluding hydrogens is 611 g/mol. The van der Waals surface area contributed by atoms with Crippen LogP contribution in [0.4, 0.5) is 8.78 Å². The maximum atomic E-state index is 13.9. The molecule has 1 aromatic heterocycles. The predicted octanol–water partition coefficient (Wildman–Crippen LogP) is 5.38. The van der Waals surface area contributed by atoms with Crippen LogP contribution in [0.5, 0.6) is 0 Å². The molecule has 200 valence electrons. The summed E-state index contributed by atoms with van der Waals surface area (Å²) in [6.07, 6.45) is 4.01. The van der Waals surface area contributed by atoms with E-state index in [9.17, 15) is 18.7 Å². The first kappa shape index (κ1) is 28.5. The maximum Gasteiger partial charge on any atom is 0.252 e. The Morgan fingerprint density at radius 3 is 2.33 bits per heavy atom. The molecular formula is C31H28F2IN3O2. The Hall–Kier alpha value is -3.47. The molecule has 4 rings (SSSR count). The van der Waals surface area contributed by atoms with E-state index in [1.54, 1.807) is 30.6 Å². The zero-order valence-corrected chi connectivity index (χ0v) is 23.2. The van der Waals surface area contributed by atoms with Gasteiger partial charge in [0, 0.05) is 40.7 Å². The maximum absolute atomic E-state index is 13.9. The lowest BCUT2D eigenvalue weighted by molar-refractivity contribution is -0.117. The molecule has 1 heterocycles. The van der Waals surface area contributed by atoms with Gasteiger partial charge >= 0.3 is 0 Å². The highest BCUT2D eigenvalue weighted by Gasteiger charge is 2.24. The van der Waals surface area contributed by atoms with Crippen molar-refractivity contribution in [2.45, 2.75) is 25.1 Å². The van der Waals surface area contributed by atoms with Crippen molar-refractivity contribution in [3.63, 3.8) is 0 Å². The topological polar surface area (TPSA) is 74.2 Å². The zero-order chi connectivity index (χ0) is 27.6. The van der Waals surface area contributed by atoms with E-state index in [-0.39, 0.29) is 13.0 Å². The van der Waals surface area contributed by atoms with Gasteiger partial charge in [-0.1, -0.05) is 42.5 Å². The van der Waals surface area contributed by atoms with E-state index >= 15 is 0 Å². The predicted molar refractivity (Wildman–Crippen MR) is 157 cm³/mol. The number of aliphatic hydroxyl groups is 1. The summed E-state index contributed by atoms with van der Waals surface area (Å²) >= 11 is 2.24. The van der Waals surface area contributed by atoms with Crippen molar-refractivity contribution in [2.75, 3.05) is 6.54 Å². The lowest BCUT2D eigenvalue weighted by Crippen LogP contribution is -2.48. The number of aliphatic hydroxyl groups excluding tert-OH is 1. The molecule has 1 amide bonds. The third-order valence-electron chi connectivity index (χ3n) is 6.08. The first-order valence-corrected chi connectivity index (χ1v) is 13.5. The highest BCUT2D eigenvalue weighted by molar-refractivity contribution is 14.1. The van der Waals surface area contributed by atoms with Gasteiger partial charge in [0.2, 0.25) is 0 Å². The average Bonchev–Trinajstić information content (AvgIpc) is 2.92. The Kier molecular flexibility index (Phi) is 10.3. The molecule has 0 saturated carbocycles. The number of benzene rings is 3. The summed E-state index contributed by atoms with van der Waals surface area (Å²) in [6.45, 7) is 0.670. The monoisotopic (exact) mass is 639 g/mol. The molecule has 0 bridgehead atoms. The Balaban J connectivity index is 1.57. The van der Waals surface area contributed by atoms with Crippen molar-refractivity contribution < 1.29 is 18.7 Å². The third-order valence-corrected chi connectivity index (χ3v) is 6.75. The van der Waals surface area contributed by atoms with E-state index in [2.05, 4.69) is 38.2 Å². The van der Waals surface area contributed by atoms with Crippen LogP contribution in [-0.2, 0) is 17.8 Å². The van der Waals surface area contributed by atoms with Crippen molar-refractivity contribution >= 4 is 40.1 Å². The first-order valence-electron chi connectivity index (χ1n) is 12.4. The summed E-state index contributed by atoms with van der Waals surface area (Å²) in [5.74, 6) is -1.86. The van der Waals surface area contributed by atoms with Crippen LogP contribution >= 0.6 is 22.6 Å². The van der Waals surface area contributed by atoms with Gasteiger partial charge in [-0.05, 0) is 93.7 Å². The van der Waals surface area contributed by atoms with E-state index in [0.29, 0.717) is 23.2 Å². The molecule has 0 radical (unpaired) electrons. The van der Waals surface area contributed by atoms with Gasteiger partial charge in [-0.2, -0.15) is 0 Å². The molecule has 0 unspecified atom stereocenters. The van der Waals surface area contributed by atoms with Crippen molar-refractivity contribution in [3.8, 4) is 0 Å². The normalized spacial score (nSPS) is 13.1. The zero-order valence-electron chi connectivity index (χ0n) is 21.0. The number of amides is 1. The van der Waals surface area contributed by atoms with Crippen LogP contribution in [0.3, 0.4) is 0 Å². The molecule has 0 fully saturated rings. The SMILES string of the molecule is O=C(N[C@@H](Cc1cc(F)cc(F)c1)[C@H](O)CNCc1cccc(I)c1)/C(=C\c1ccncc1)c1ccccc1. The standard InChI is InChI=1S/C31H28F2IN3O2/c32-25-13-23(14-26(33)18-25)17-29(30(38)20-36-19-22-5-4-8-27(34)15-22)37-31(39)28(24-6-2-1-3-7-24)16-21-9-11-35-12-10-21/h1-16,18,29-30,36,38H,17,19-20H2,(H,37,39)/b28-16-/t29-,30+/m0/s1. The van der Waals surface area contributed by atoms with Gasteiger partial charge in [-0.15, -0.1) is 0 Å². The van der Waals surface area contributed by atoms with E-state index < -0.39 is 29.7 Å². The number of pyridine rings is 1. The molecule has 39 heavy (non-hydrogen) atoms. The van der Waals surface area contributed by atoms with Crippen LogP contribution in [-0.4, -0.2) is 34.7 Å². The Labute approximate surface area is 240 Å². The van der Waals surface area contributed by atoms with Crippen LogP contribution in [0.25, 0.3) is 11.6 Å². The minimum Gasteiger partial charge on any atom is -0.390 e. The fourth-order valence-corrected chi connectivity index (χ4v) is 4.80. The van der Waals surface area contributed by atoms with E-state index in [4.69, 9.17) is 0 Å². The smallest absolute Gasteiger partial charge is 0.252 e. The van der Waals surface area contributed by atoms with Gasteiger partial charge in [0.1, 0.15) is 11.6 Å². The number of carbonyl (C=O) groups is 1. The number of aromatic nitrogens is 1. The van der Waals surface area contributed by atoms with E-state index in [1.807, 2.05) is 54.6 Å². The van der Waals surface area contributed by atoms with Crippen molar-refractivity contribution in [1.82, 2.24) is 15.6 Å². The van der Waals surface area contributed by atoms with Crippen LogP contribution in [0.15, 0.2) is 97.3 Å². The van der Waals surface area contributed by atoms with Crippen LogP contribution < -0.4 is 10.6 Å². The molecule has 0 aliphatic carbocycles. The number of hydrogen-bond acceptors (Lipinski definition) is 4. The first-order chi connectivity index (χ1) is 18.9. The third kappa shape index (κ3) is 8.77. The molecule has 0 saturated heterocycles. The molecule has 0 spiro atoms. The second kappa shape index (κ2) is 14.1. The lowest BCUT2D eigenvalue weighted by Gasteiger charge is -2.26. The second-order valence-electron chi connectivity index (χ2n) is 9.09. The summed E-state index contributed by atoms with van der Waals surface area (Å²) in [6, 6.07) is 23.1. The Morgan fingerprint density at radius 1 is 0.923 bits per heavy atom. The molecule has 4 aromatic rings. The Bertz CT molecular complexity index is 1400. The minimum absolute atomic E-state index is 0.0316. The highest BCUT2D eigenvalue weighted by Crippen LogP contribution is 2.20. The fourth-order valence-electron chi connectivity index (χ4n) is 4.19. The molecule has 5 nitrogen and oxygen atoms in total. The minimum atomic E-state index is -1.04. The molecule has 3 N–H and O–H groups in total. The van der Waals surface area contributed by atoms with Gasteiger partial charge in [0.05, 0.1) is 12.1 Å². The number of halogens is 3. The van der Waals surface area contributed by atoms with Crippen molar-refractivity contribution in [2.24, 2.45) is 0 Å². The molecule has 0 aliphatic rings. The van der Waals surface area contributed by atoms with Gasteiger partial charge in [0.25, 0.3) is 5.91 Å². The van der Waals surface area contributed by atoms with Crippen molar-refractivity contribution in [3.05, 3.63) is 135 Å². The summed E-state index contributed by atoms with van der Waals surface area (Å²) < 4.78 is 29.0. The lowest BCUT2D eigenvalue weighted by atomic mass is 9.98. The van der Waals surface area contributed by atoms with E-state index in [1.165, 1.54) is 12.1 Å². The summed E-state index contributed by atoms with van der Waals surface area (Å²) in [5.41, 5.74) is 3.23. The summed E-state index contributed by atoms with van der Waals surface area (Å²) in [7, 11) is 0. The summed E-state index contributed by atoms with van der Waals surface area (Å²) in [4.78, 5) is 17.7. The molecule has 2 atom stereocenters. The number of nitrogens with one attached hydrogen (secondary N) is 2. The van der Waals surface area contributed by atoms with Crippen LogP contribution in [0.2, 0.25) is 0 Å². The Morgan fingerprint density at radius 2 is 1.64 bits per heavy atom. The second-order valence-corrected chi connectivity index (χ2v) is 10.3. The number of rotatable bonds is 11. The average molecular weight is 639 g/mol. The molecule has 8 heteroatoms. The number of hydrogen-bond donors (Lipinski definition) is 3. The van der Waals surface area contributed by atoms with Crippen LogP contribution in [0, 0.1) is 15.2 Å². The number of carbonyl (C=O) groups excluding carboxylic acids is 1. The van der Waals surface area contributed by atoms with E-state index in [0.717, 1.165) is 20.8 Å². The van der Waals surface area contributed by atoms with Gasteiger partial charge in [0.15, 0.2) is 0 Å². The van der Waals surface area contributed by atoms with Gasteiger partial charge < -0.3 is 15.7 Å².